The molecule has 0 atom stereocenters. The highest BCUT2D eigenvalue weighted by Gasteiger charge is 2.20. The summed E-state index contributed by atoms with van der Waals surface area (Å²) in [5, 5.41) is 0. The fraction of sp³-hybridized carbons (Fsp3) is 0.0667. The van der Waals surface area contributed by atoms with Gasteiger partial charge >= 0.3 is 11.9 Å². The zero-order valence-corrected chi connectivity index (χ0v) is 18.5. The van der Waals surface area contributed by atoms with Gasteiger partial charge in [-0.1, -0.05) is 121 Å². The van der Waals surface area contributed by atoms with Gasteiger partial charge in [0.15, 0.2) is 12.2 Å². The summed E-state index contributed by atoms with van der Waals surface area (Å²) in [6, 6.07) is 37.9. The van der Waals surface area contributed by atoms with E-state index in [0.29, 0.717) is 0 Å². The van der Waals surface area contributed by atoms with Gasteiger partial charge in [-0.05, 0) is 22.3 Å². The van der Waals surface area contributed by atoms with Crippen molar-refractivity contribution in [2.24, 2.45) is 0 Å². The molecule has 0 aliphatic rings. The zero-order chi connectivity index (χ0) is 23.6. The Morgan fingerprint density at radius 1 is 0.441 bits per heavy atom. The standard InChI is InChI=1S/C30H24O4/c31-27(33-29(23-13-5-1-6-14-23)24-15-7-2-8-16-24)21-22-28(32)34-30(25-17-9-3-10-18-25)26-19-11-4-12-20-26/h1-22,29-30H/b22-21-. The fourth-order valence-corrected chi connectivity index (χ4v) is 3.62. The molecule has 4 aromatic rings. The summed E-state index contributed by atoms with van der Waals surface area (Å²) in [5.74, 6) is -1.27. The summed E-state index contributed by atoms with van der Waals surface area (Å²) in [4.78, 5) is 25.2. The first kappa shape index (κ1) is 22.7. The second kappa shape index (κ2) is 11.4. The number of ether oxygens (including phenoxy) is 2. The van der Waals surface area contributed by atoms with Crippen LogP contribution in [-0.2, 0) is 19.1 Å². The van der Waals surface area contributed by atoms with Crippen molar-refractivity contribution in [2.45, 2.75) is 12.2 Å². The SMILES string of the molecule is O=C(/C=C\C(=O)OC(c1ccccc1)c1ccccc1)OC(c1ccccc1)c1ccccc1. The highest BCUT2D eigenvalue weighted by Crippen LogP contribution is 2.27. The third-order valence-corrected chi connectivity index (χ3v) is 5.23. The molecule has 4 rings (SSSR count). The second-order valence-electron chi connectivity index (χ2n) is 7.61. The molecule has 0 amide bonds. The highest BCUT2D eigenvalue weighted by atomic mass is 16.5. The van der Waals surface area contributed by atoms with Crippen LogP contribution in [0.3, 0.4) is 0 Å². The number of carbonyl (C=O) groups is 2. The normalized spacial score (nSPS) is 11.0. The Labute approximate surface area is 199 Å². The molecule has 0 saturated heterocycles. The van der Waals surface area contributed by atoms with E-state index >= 15 is 0 Å². The van der Waals surface area contributed by atoms with Gasteiger partial charge in [0.2, 0.25) is 0 Å². The predicted molar refractivity (Wildman–Crippen MR) is 131 cm³/mol. The summed E-state index contributed by atoms with van der Waals surface area (Å²) in [5.41, 5.74) is 3.36. The van der Waals surface area contributed by atoms with Crippen LogP contribution < -0.4 is 0 Å². The van der Waals surface area contributed by atoms with E-state index in [1.54, 1.807) is 0 Å². The Balaban J connectivity index is 1.47. The van der Waals surface area contributed by atoms with E-state index in [0.717, 1.165) is 34.4 Å². The van der Waals surface area contributed by atoms with Crippen LogP contribution in [0, 0.1) is 0 Å². The third-order valence-electron chi connectivity index (χ3n) is 5.23. The average Bonchev–Trinajstić information content (AvgIpc) is 2.91. The molecule has 0 heterocycles. The Morgan fingerprint density at radius 2 is 0.676 bits per heavy atom. The molecule has 4 nitrogen and oxygen atoms in total. The maximum Gasteiger partial charge on any atom is 0.331 e. The lowest BCUT2D eigenvalue weighted by molar-refractivity contribution is -0.144. The summed E-state index contributed by atoms with van der Waals surface area (Å²) < 4.78 is 11.4. The van der Waals surface area contributed by atoms with Crippen LogP contribution in [0.2, 0.25) is 0 Å². The first-order chi connectivity index (χ1) is 16.7. The summed E-state index contributed by atoms with van der Waals surface area (Å²) in [6.45, 7) is 0. The van der Waals surface area contributed by atoms with Crippen molar-refractivity contribution in [3.63, 3.8) is 0 Å². The van der Waals surface area contributed by atoms with Gasteiger partial charge in [-0.25, -0.2) is 9.59 Å². The minimum Gasteiger partial charge on any atom is -0.449 e. The highest BCUT2D eigenvalue weighted by molar-refractivity contribution is 5.92. The lowest BCUT2D eigenvalue weighted by Gasteiger charge is -2.18. The number of hydrogen-bond acceptors (Lipinski definition) is 4. The van der Waals surface area contributed by atoms with Gasteiger partial charge in [0, 0.05) is 12.2 Å². The molecular weight excluding hydrogens is 424 g/mol. The van der Waals surface area contributed by atoms with E-state index in [-0.39, 0.29) is 0 Å². The van der Waals surface area contributed by atoms with Crippen LogP contribution in [-0.4, -0.2) is 11.9 Å². The fourth-order valence-electron chi connectivity index (χ4n) is 3.62. The largest absolute Gasteiger partial charge is 0.449 e. The van der Waals surface area contributed by atoms with Gasteiger partial charge in [-0.15, -0.1) is 0 Å². The monoisotopic (exact) mass is 448 g/mol. The van der Waals surface area contributed by atoms with Crippen molar-refractivity contribution in [1.82, 2.24) is 0 Å². The number of rotatable bonds is 8. The summed E-state index contributed by atoms with van der Waals surface area (Å²) in [6.07, 6.45) is 1.04. The molecule has 4 aromatic carbocycles. The molecule has 0 N–H and O–H groups in total. The lowest BCUT2D eigenvalue weighted by atomic mass is 10.0. The second-order valence-corrected chi connectivity index (χ2v) is 7.61. The smallest absolute Gasteiger partial charge is 0.331 e. The van der Waals surface area contributed by atoms with Crippen molar-refractivity contribution >= 4 is 11.9 Å². The quantitative estimate of drug-likeness (QED) is 0.238. The maximum absolute atomic E-state index is 12.6. The maximum atomic E-state index is 12.6. The van der Waals surface area contributed by atoms with Crippen molar-refractivity contribution < 1.29 is 19.1 Å². The number of esters is 2. The van der Waals surface area contributed by atoms with Crippen LogP contribution in [0.5, 0.6) is 0 Å². The van der Waals surface area contributed by atoms with E-state index in [1.807, 2.05) is 121 Å². The molecule has 0 aliphatic carbocycles. The van der Waals surface area contributed by atoms with E-state index in [1.165, 1.54) is 0 Å². The molecule has 4 heteroatoms. The lowest BCUT2D eigenvalue weighted by Crippen LogP contribution is -2.13. The van der Waals surface area contributed by atoms with Gasteiger partial charge in [0.1, 0.15) is 0 Å². The van der Waals surface area contributed by atoms with Crippen LogP contribution in [0.1, 0.15) is 34.5 Å². The van der Waals surface area contributed by atoms with E-state index in [4.69, 9.17) is 9.47 Å². The molecule has 0 aliphatic heterocycles. The van der Waals surface area contributed by atoms with Gasteiger partial charge in [0.25, 0.3) is 0 Å². The molecule has 0 radical (unpaired) electrons. The average molecular weight is 449 g/mol. The third kappa shape index (κ3) is 6.08. The van der Waals surface area contributed by atoms with Crippen molar-refractivity contribution in [3.05, 3.63) is 156 Å². The van der Waals surface area contributed by atoms with Gasteiger partial charge < -0.3 is 9.47 Å². The number of benzene rings is 4. The van der Waals surface area contributed by atoms with Crippen LogP contribution >= 0.6 is 0 Å². The summed E-state index contributed by atoms with van der Waals surface area (Å²) >= 11 is 0. The van der Waals surface area contributed by atoms with Crippen LogP contribution in [0.25, 0.3) is 0 Å². The molecule has 0 spiro atoms. The van der Waals surface area contributed by atoms with E-state index < -0.39 is 24.1 Å². The Hall–Kier alpha value is -4.44. The zero-order valence-electron chi connectivity index (χ0n) is 18.5. The van der Waals surface area contributed by atoms with Crippen molar-refractivity contribution in [2.75, 3.05) is 0 Å². The minimum absolute atomic E-state index is 0.586. The van der Waals surface area contributed by atoms with Crippen molar-refractivity contribution in [1.29, 1.82) is 0 Å². The Kier molecular flexibility index (Phi) is 7.65. The Bertz CT molecular complexity index is 1040. The van der Waals surface area contributed by atoms with Gasteiger partial charge in [-0.2, -0.15) is 0 Å². The molecule has 0 aromatic heterocycles. The van der Waals surface area contributed by atoms with Crippen LogP contribution in [0.4, 0.5) is 0 Å². The van der Waals surface area contributed by atoms with Crippen LogP contribution in [0.15, 0.2) is 133 Å². The molecule has 0 unspecified atom stereocenters. The first-order valence-corrected chi connectivity index (χ1v) is 11.0. The molecular formula is C30H24O4. The number of carbonyl (C=O) groups excluding carboxylic acids is 2. The molecule has 34 heavy (non-hydrogen) atoms. The Morgan fingerprint density at radius 3 is 0.912 bits per heavy atom. The molecule has 0 saturated carbocycles. The molecule has 0 bridgehead atoms. The van der Waals surface area contributed by atoms with Gasteiger partial charge in [-0.3, -0.25) is 0 Å². The van der Waals surface area contributed by atoms with E-state index in [9.17, 15) is 9.59 Å². The first-order valence-electron chi connectivity index (χ1n) is 11.0. The molecule has 0 fully saturated rings. The topological polar surface area (TPSA) is 52.6 Å². The predicted octanol–water partition coefficient (Wildman–Crippen LogP) is 6.21. The van der Waals surface area contributed by atoms with Crippen molar-refractivity contribution in [3.8, 4) is 0 Å². The van der Waals surface area contributed by atoms with E-state index in [2.05, 4.69) is 0 Å². The molecule has 168 valence electrons. The van der Waals surface area contributed by atoms with Gasteiger partial charge in [0.05, 0.1) is 0 Å². The summed E-state index contributed by atoms with van der Waals surface area (Å²) in [7, 11) is 0. The number of hydrogen-bond donors (Lipinski definition) is 0. The minimum atomic E-state index is -0.634.